The molecule has 2 rings (SSSR count). The molecule has 0 aliphatic carbocycles. The Bertz CT molecular complexity index is 363. The van der Waals surface area contributed by atoms with Gasteiger partial charge in [0.25, 0.3) is 0 Å². The molecule has 1 heterocycles. The summed E-state index contributed by atoms with van der Waals surface area (Å²) < 4.78 is 5.51. The summed E-state index contributed by atoms with van der Waals surface area (Å²) in [4.78, 5) is 0. The van der Waals surface area contributed by atoms with Gasteiger partial charge in [-0.2, -0.15) is 0 Å². The largest absolute Gasteiger partial charge is 0.254 e. The Balaban J connectivity index is 2.15. The third-order valence-corrected chi connectivity index (χ3v) is 3.85. The molecule has 1 aliphatic rings. The lowest BCUT2D eigenvalue weighted by Gasteiger charge is -2.27. The van der Waals surface area contributed by atoms with E-state index in [0.29, 0.717) is 5.92 Å². The SMILES string of the molecule is CNSN1CCc2cc(C(C)C)ccc2C1. The van der Waals surface area contributed by atoms with E-state index in [4.69, 9.17) is 0 Å². The molecule has 0 saturated carbocycles. The van der Waals surface area contributed by atoms with Gasteiger partial charge in [0.15, 0.2) is 0 Å². The Labute approximate surface area is 103 Å². The summed E-state index contributed by atoms with van der Waals surface area (Å²) >= 11 is 1.71. The van der Waals surface area contributed by atoms with Gasteiger partial charge in [0.05, 0.1) is 0 Å². The van der Waals surface area contributed by atoms with Gasteiger partial charge in [-0.15, -0.1) is 0 Å². The highest BCUT2D eigenvalue weighted by Gasteiger charge is 2.16. The maximum atomic E-state index is 3.14. The van der Waals surface area contributed by atoms with Crippen molar-refractivity contribution in [2.45, 2.75) is 32.7 Å². The molecule has 0 atom stereocenters. The predicted molar refractivity (Wildman–Crippen MR) is 71.3 cm³/mol. The van der Waals surface area contributed by atoms with E-state index in [-0.39, 0.29) is 0 Å². The fraction of sp³-hybridized carbons (Fsp3) is 0.538. The van der Waals surface area contributed by atoms with Gasteiger partial charge in [-0.05, 0) is 36.1 Å². The molecular formula is C13H20N2S. The zero-order valence-electron chi connectivity index (χ0n) is 10.3. The lowest BCUT2D eigenvalue weighted by molar-refractivity contribution is 0.442. The first-order chi connectivity index (χ1) is 7.70. The van der Waals surface area contributed by atoms with Crippen LogP contribution in [-0.4, -0.2) is 17.9 Å². The maximum absolute atomic E-state index is 3.14. The Morgan fingerprint density at radius 1 is 1.31 bits per heavy atom. The van der Waals surface area contributed by atoms with Crippen LogP contribution in [0.15, 0.2) is 18.2 Å². The van der Waals surface area contributed by atoms with Crippen molar-refractivity contribution in [3.8, 4) is 0 Å². The van der Waals surface area contributed by atoms with Gasteiger partial charge in [0.2, 0.25) is 0 Å². The number of nitrogens with zero attached hydrogens (tertiary/aromatic N) is 1. The molecular weight excluding hydrogens is 216 g/mol. The molecule has 0 aromatic heterocycles. The van der Waals surface area contributed by atoms with Crippen LogP contribution < -0.4 is 4.72 Å². The predicted octanol–water partition coefficient (Wildman–Crippen LogP) is 2.95. The Morgan fingerprint density at radius 2 is 2.12 bits per heavy atom. The van der Waals surface area contributed by atoms with Crippen molar-refractivity contribution >= 4 is 12.1 Å². The van der Waals surface area contributed by atoms with Crippen LogP contribution in [0.1, 0.15) is 36.5 Å². The van der Waals surface area contributed by atoms with Crippen molar-refractivity contribution in [3.63, 3.8) is 0 Å². The van der Waals surface area contributed by atoms with Crippen molar-refractivity contribution in [2.24, 2.45) is 0 Å². The van der Waals surface area contributed by atoms with Crippen molar-refractivity contribution in [3.05, 3.63) is 34.9 Å². The van der Waals surface area contributed by atoms with E-state index in [1.165, 1.54) is 17.5 Å². The van der Waals surface area contributed by atoms with Gasteiger partial charge >= 0.3 is 0 Å². The van der Waals surface area contributed by atoms with E-state index in [0.717, 1.165) is 13.1 Å². The molecule has 0 saturated heterocycles. The molecule has 0 bridgehead atoms. The molecule has 0 spiro atoms. The Morgan fingerprint density at radius 3 is 2.81 bits per heavy atom. The van der Waals surface area contributed by atoms with Gasteiger partial charge in [0.1, 0.15) is 0 Å². The van der Waals surface area contributed by atoms with Gasteiger partial charge in [-0.3, -0.25) is 4.72 Å². The topological polar surface area (TPSA) is 15.3 Å². The zero-order valence-corrected chi connectivity index (χ0v) is 11.1. The number of hydrogen-bond acceptors (Lipinski definition) is 3. The van der Waals surface area contributed by atoms with Crippen LogP contribution in [0.5, 0.6) is 0 Å². The van der Waals surface area contributed by atoms with E-state index < -0.39 is 0 Å². The molecule has 1 aliphatic heterocycles. The smallest absolute Gasteiger partial charge is 0.0355 e. The molecule has 88 valence electrons. The lowest BCUT2D eigenvalue weighted by atomic mass is 9.94. The first-order valence-corrected chi connectivity index (χ1v) is 6.68. The molecule has 2 nitrogen and oxygen atoms in total. The number of nitrogens with one attached hydrogen (secondary N) is 1. The first-order valence-electron chi connectivity index (χ1n) is 5.91. The summed E-state index contributed by atoms with van der Waals surface area (Å²) in [5.74, 6) is 0.634. The number of hydrogen-bond donors (Lipinski definition) is 1. The van der Waals surface area contributed by atoms with Crippen LogP contribution in [0.4, 0.5) is 0 Å². The third-order valence-electron chi connectivity index (χ3n) is 3.09. The van der Waals surface area contributed by atoms with Crippen LogP contribution in [-0.2, 0) is 13.0 Å². The Kier molecular flexibility index (Phi) is 3.90. The molecule has 0 amide bonds. The van der Waals surface area contributed by atoms with E-state index in [9.17, 15) is 0 Å². The maximum Gasteiger partial charge on any atom is 0.0355 e. The summed E-state index contributed by atoms with van der Waals surface area (Å²) in [6.45, 7) is 6.71. The quantitative estimate of drug-likeness (QED) is 0.812. The standard InChI is InChI=1S/C13H20N2S/c1-10(2)11-4-5-13-9-15(16-14-3)7-6-12(13)8-11/h4-5,8,10,14H,6-7,9H2,1-3H3. The molecule has 0 fully saturated rings. The molecule has 1 N–H and O–H groups in total. The van der Waals surface area contributed by atoms with E-state index >= 15 is 0 Å². The fourth-order valence-electron chi connectivity index (χ4n) is 2.11. The van der Waals surface area contributed by atoms with Gasteiger partial charge < -0.3 is 0 Å². The van der Waals surface area contributed by atoms with E-state index in [2.05, 4.69) is 41.1 Å². The van der Waals surface area contributed by atoms with Gasteiger partial charge in [-0.1, -0.05) is 32.0 Å². The zero-order chi connectivity index (χ0) is 11.5. The molecule has 1 aromatic rings. The average molecular weight is 236 g/mol. The lowest BCUT2D eigenvalue weighted by Crippen LogP contribution is -2.27. The van der Waals surface area contributed by atoms with E-state index in [1.807, 2.05) is 7.05 Å². The van der Waals surface area contributed by atoms with Crippen molar-refractivity contribution in [1.29, 1.82) is 0 Å². The van der Waals surface area contributed by atoms with Gasteiger partial charge in [0, 0.05) is 25.2 Å². The highest BCUT2D eigenvalue weighted by Crippen LogP contribution is 2.26. The second-order valence-electron chi connectivity index (χ2n) is 4.59. The molecule has 0 unspecified atom stereocenters. The van der Waals surface area contributed by atoms with Crippen molar-refractivity contribution in [2.75, 3.05) is 13.6 Å². The van der Waals surface area contributed by atoms with Crippen molar-refractivity contribution < 1.29 is 0 Å². The van der Waals surface area contributed by atoms with Crippen molar-refractivity contribution in [1.82, 2.24) is 9.03 Å². The summed E-state index contributed by atoms with van der Waals surface area (Å²) in [7, 11) is 1.97. The Hall–Kier alpha value is -0.510. The van der Waals surface area contributed by atoms with Gasteiger partial charge in [-0.25, -0.2) is 4.31 Å². The molecule has 16 heavy (non-hydrogen) atoms. The minimum Gasteiger partial charge on any atom is -0.254 e. The van der Waals surface area contributed by atoms with Crippen LogP contribution >= 0.6 is 12.1 Å². The van der Waals surface area contributed by atoms with Crippen LogP contribution in [0, 0.1) is 0 Å². The minimum atomic E-state index is 0.634. The molecule has 1 aromatic carbocycles. The average Bonchev–Trinajstić information content (AvgIpc) is 2.28. The number of fused-ring (bicyclic) bond motifs is 1. The van der Waals surface area contributed by atoms with Crippen LogP contribution in [0.3, 0.4) is 0 Å². The summed E-state index contributed by atoms with van der Waals surface area (Å²) in [6, 6.07) is 6.96. The highest BCUT2D eigenvalue weighted by molar-refractivity contribution is 7.95. The van der Waals surface area contributed by atoms with Crippen LogP contribution in [0.2, 0.25) is 0 Å². The van der Waals surface area contributed by atoms with E-state index in [1.54, 1.807) is 17.7 Å². The minimum absolute atomic E-state index is 0.634. The second-order valence-corrected chi connectivity index (χ2v) is 5.70. The summed E-state index contributed by atoms with van der Waals surface area (Å²) in [5, 5.41) is 0. The van der Waals surface area contributed by atoms with Crippen LogP contribution in [0.25, 0.3) is 0 Å². The third kappa shape index (κ3) is 2.59. The molecule has 3 heteroatoms. The monoisotopic (exact) mass is 236 g/mol. The number of benzene rings is 1. The highest BCUT2D eigenvalue weighted by atomic mass is 32.2. The fourth-order valence-corrected chi connectivity index (χ4v) is 2.76. The number of rotatable bonds is 3. The summed E-state index contributed by atoms with van der Waals surface area (Å²) in [5.41, 5.74) is 4.49. The molecule has 0 radical (unpaired) electrons. The first kappa shape index (κ1) is 12.0. The summed E-state index contributed by atoms with van der Waals surface area (Å²) in [6.07, 6.45) is 1.17. The normalized spacial score (nSPS) is 16.5. The second kappa shape index (κ2) is 5.21.